The quantitative estimate of drug-likeness (QED) is 0.334. The molecule has 1 aromatic carbocycles. The van der Waals surface area contributed by atoms with Gasteiger partial charge in [0.1, 0.15) is 10.8 Å². The number of nitro benzene ring substituents is 1. The highest BCUT2D eigenvalue weighted by molar-refractivity contribution is 7.89. The van der Waals surface area contributed by atoms with Gasteiger partial charge in [0.2, 0.25) is 10.0 Å². The van der Waals surface area contributed by atoms with E-state index in [1.54, 1.807) is 32.2 Å². The standard InChI is InChI=1S/C20H26ClN5O4S/c1-3-25(4-2)31(29,30)17-6-7-18(19(13-17)26(27)28)24-11-9-23(10-12-24)15-16-5-8-20(21)22-14-16/h5-8,13-14H,3-4,9-12,15H2,1-2H3. The Morgan fingerprint density at radius 2 is 1.81 bits per heavy atom. The van der Waals surface area contributed by atoms with Crippen LogP contribution in [0, 0.1) is 10.1 Å². The summed E-state index contributed by atoms with van der Waals surface area (Å²) in [5, 5.41) is 12.2. The van der Waals surface area contributed by atoms with Crippen LogP contribution in [0.25, 0.3) is 0 Å². The smallest absolute Gasteiger partial charge is 0.293 e. The molecule has 168 valence electrons. The Morgan fingerprint density at radius 3 is 2.35 bits per heavy atom. The third-order valence-electron chi connectivity index (χ3n) is 5.39. The molecule has 2 aromatic rings. The molecular weight excluding hydrogens is 442 g/mol. The van der Waals surface area contributed by atoms with E-state index >= 15 is 0 Å². The van der Waals surface area contributed by atoms with Crippen molar-refractivity contribution in [2.75, 3.05) is 44.2 Å². The van der Waals surface area contributed by atoms with E-state index in [-0.39, 0.29) is 10.6 Å². The van der Waals surface area contributed by atoms with Gasteiger partial charge in [-0.3, -0.25) is 15.0 Å². The van der Waals surface area contributed by atoms with Crippen LogP contribution in [-0.4, -0.2) is 66.8 Å². The molecule has 0 N–H and O–H groups in total. The topological polar surface area (TPSA) is 99.9 Å². The van der Waals surface area contributed by atoms with Gasteiger partial charge in [-0.2, -0.15) is 4.31 Å². The molecule has 31 heavy (non-hydrogen) atoms. The SMILES string of the molecule is CCN(CC)S(=O)(=O)c1ccc(N2CCN(Cc3ccc(Cl)nc3)CC2)c([N+](=O)[O-])c1. The minimum absolute atomic E-state index is 0.0551. The predicted molar refractivity (Wildman–Crippen MR) is 120 cm³/mol. The van der Waals surface area contributed by atoms with Gasteiger partial charge in [0.15, 0.2) is 0 Å². The Kier molecular flexibility index (Phi) is 7.47. The van der Waals surface area contributed by atoms with Gasteiger partial charge in [0.05, 0.1) is 9.82 Å². The van der Waals surface area contributed by atoms with Gasteiger partial charge >= 0.3 is 0 Å². The van der Waals surface area contributed by atoms with Crippen LogP contribution in [0.3, 0.4) is 0 Å². The second-order valence-electron chi connectivity index (χ2n) is 7.25. The zero-order valence-corrected chi connectivity index (χ0v) is 19.1. The molecule has 3 rings (SSSR count). The molecule has 0 spiro atoms. The van der Waals surface area contributed by atoms with Gasteiger partial charge in [-0.1, -0.05) is 31.5 Å². The molecule has 0 bridgehead atoms. The van der Waals surface area contributed by atoms with Crippen LogP contribution in [0.15, 0.2) is 41.4 Å². The maximum Gasteiger partial charge on any atom is 0.293 e. The van der Waals surface area contributed by atoms with Crippen molar-refractivity contribution >= 4 is 33.0 Å². The highest BCUT2D eigenvalue weighted by Crippen LogP contribution is 2.32. The van der Waals surface area contributed by atoms with E-state index < -0.39 is 14.9 Å². The lowest BCUT2D eigenvalue weighted by Gasteiger charge is -2.35. The number of hydrogen-bond acceptors (Lipinski definition) is 7. The van der Waals surface area contributed by atoms with Gasteiger partial charge in [0.25, 0.3) is 5.69 Å². The number of piperazine rings is 1. The molecule has 11 heteroatoms. The number of pyridine rings is 1. The molecular formula is C20H26ClN5O4S. The van der Waals surface area contributed by atoms with Crippen molar-refractivity contribution in [1.82, 2.24) is 14.2 Å². The van der Waals surface area contributed by atoms with E-state index in [1.165, 1.54) is 16.4 Å². The Bertz CT molecular complexity index is 1020. The maximum atomic E-state index is 12.8. The van der Waals surface area contributed by atoms with Gasteiger partial charge < -0.3 is 4.90 Å². The number of halogens is 1. The summed E-state index contributed by atoms with van der Waals surface area (Å²) in [6.07, 6.45) is 1.74. The number of nitrogens with zero attached hydrogens (tertiary/aromatic N) is 5. The van der Waals surface area contributed by atoms with Crippen molar-refractivity contribution < 1.29 is 13.3 Å². The van der Waals surface area contributed by atoms with Crippen molar-refractivity contribution in [3.63, 3.8) is 0 Å². The van der Waals surface area contributed by atoms with Crippen LogP contribution >= 0.6 is 11.6 Å². The first-order chi connectivity index (χ1) is 14.8. The van der Waals surface area contributed by atoms with E-state index in [4.69, 9.17) is 11.6 Å². The zero-order chi connectivity index (χ0) is 22.6. The summed E-state index contributed by atoms with van der Waals surface area (Å²) in [6, 6.07) is 7.87. The average Bonchev–Trinajstić information content (AvgIpc) is 2.76. The minimum atomic E-state index is -3.76. The zero-order valence-electron chi connectivity index (χ0n) is 17.6. The number of nitro groups is 1. The molecule has 0 amide bonds. The molecule has 0 saturated carbocycles. The second-order valence-corrected chi connectivity index (χ2v) is 9.57. The number of sulfonamides is 1. The fourth-order valence-corrected chi connectivity index (χ4v) is 5.29. The molecule has 9 nitrogen and oxygen atoms in total. The lowest BCUT2D eigenvalue weighted by Crippen LogP contribution is -2.46. The highest BCUT2D eigenvalue weighted by atomic mass is 35.5. The van der Waals surface area contributed by atoms with Gasteiger partial charge in [-0.25, -0.2) is 13.4 Å². The normalized spacial score (nSPS) is 15.4. The predicted octanol–water partition coefficient (Wildman–Crippen LogP) is 3.00. The largest absolute Gasteiger partial charge is 0.363 e. The summed E-state index contributed by atoms with van der Waals surface area (Å²) >= 11 is 5.83. The average molecular weight is 468 g/mol. The van der Waals surface area contributed by atoms with Crippen molar-refractivity contribution in [2.24, 2.45) is 0 Å². The molecule has 1 fully saturated rings. The van der Waals surface area contributed by atoms with Crippen LogP contribution in [0.5, 0.6) is 0 Å². The lowest BCUT2D eigenvalue weighted by atomic mass is 10.2. The molecule has 0 aliphatic carbocycles. The highest BCUT2D eigenvalue weighted by Gasteiger charge is 2.28. The van der Waals surface area contributed by atoms with E-state index in [2.05, 4.69) is 9.88 Å². The Morgan fingerprint density at radius 1 is 1.13 bits per heavy atom. The first kappa shape index (κ1) is 23.4. The summed E-state index contributed by atoms with van der Waals surface area (Å²) in [5.41, 5.74) is 1.30. The maximum absolute atomic E-state index is 12.8. The number of anilines is 1. The van der Waals surface area contributed by atoms with E-state index in [0.717, 1.165) is 25.2 Å². The molecule has 0 atom stereocenters. The fourth-order valence-electron chi connectivity index (χ4n) is 3.69. The monoisotopic (exact) mass is 467 g/mol. The molecule has 2 heterocycles. The van der Waals surface area contributed by atoms with Crippen LogP contribution in [0.1, 0.15) is 19.4 Å². The number of aromatic nitrogens is 1. The van der Waals surface area contributed by atoms with Crippen molar-refractivity contribution in [3.05, 3.63) is 57.4 Å². The molecule has 1 aliphatic rings. The summed E-state index contributed by atoms with van der Waals surface area (Å²) in [4.78, 5) is 19.4. The number of rotatable bonds is 8. The second kappa shape index (κ2) is 9.90. The Labute approximate surface area is 187 Å². The molecule has 1 aromatic heterocycles. The molecule has 0 unspecified atom stereocenters. The molecule has 1 saturated heterocycles. The van der Waals surface area contributed by atoms with Crippen LogP contribution in [0.4, 0.5) is 11.4 Å². The summed E-state index contributed by atoms with van der Waals surface area (Å²) in [7, 11) is -3.76. The lowest BCUT2D eigenvalue weighted by molar-refractivity contribution is -0.384. The van der Waals surface area contributed by atoms with Crippen LogP contribution in [-0.2, 0) is 16.6 Å². The van der Waals surface area contributed by atoms with Gasteiger partial charge in [0, 0.05) is 58.1 Å². The first-order valence-corrected chi connectivity index (χ1v) is 11.9. The third kappa shape index (κ3) is 5.32. The molecule has 1 aliphatic heterocycles. The van der Waals surface area contributed by atoms with Gasteiger partial charge in [-0.15, -0.1) is 0 Å². The fraction of sp³-hybridized carbons (Fsp3) is 0.450. The minimum Gasteiger partial charge on any atom is -0.363 e. The Balaban J connectivity index is 1.76. The van der Waals surface area contributed by atoms with Crippen LogP contribution < -0.4 is 4.90 Å². The summed E-state index contributed by atoms with van der Waals surface area (Å²) in [5.74, 6) is 0. The Hall–Kier alpha value is -2.27. The van der Waals surface area contributed by atoms with E-state index in [1.807, 2.05) is 11.0 Å². The van der Waals surface area contributed by atoms with Gasteiger partial charge in [-0.05, 0) is 23.8 Å². The van der Waals surface area contributed by atoms with E-state index in [9.17, 15) is 18.5 Å². The van der Waals surface area contributed by atoms with E-state index in [0.29, 0.717) is 37.0 Å². The third-order valence-corrected chi connectivity index (χ3v) is 7.66. The van der Waals surface area contributed by atoms with Crippen molar-refractivity contribution in [3.8, 4) is 0 Å². The van der Waals surface area contributed by atoms with Crippen molar-refractivity contribution in [1.29, 1.82) is 0 Å². The first-order valence-electron chi connectivity index (χ1n) is 10.1. The van der Waals surface area contributed by atoms with Crippen molar-refractivity contribution in [2.45, 2.75) is 25.3 Å². The summed E-state index contributed by atoms with van der Waals surface area (Å²) in [6.45, 7) is 7.46. The number of hydrogen-bond donors (Lipinski definition) is 0. The summed E-state index contributed by atoms with van der Waals surface area (Å²) < 4.78 is 26.8. The van der Waals surface area contributed by atoms with Crippen LogP contribution in [0.2, 0.25) is 5.15 Å². The molecule has 0 radical (unpaired) electrons. The number of benzene rings is 1.